The number of carbonyl (C=O) groups is 2. The van der Waals surface area contributed by atoms with Gasteiger partial charge >= 0.3 is 5.97 Å². The van der Waals surface area contributed by atoms with E-state index in [2.05, 4.69) is 9.97 Å². The summed E-state index contributed by atoms with van der Waals surface area (Å²) in [7, 11) is 0. The highest BCUT2D eigenvalue weighted by atomic mass is 35.5. The van der Waals surface area contributed by atoms with Crippen molar-refractivity contribution >= 4 is 23.5 Å². The molecule has 0 aromatic carbocycles. The second kappa shape index (κ2) is 6.60. The Kier molecular flexibility index (Phi) is 5.01. The van der Waals surface area contributed by atoms with Crippen LogP contribution >= 0.6 is 11.6 Å². The molecule has 0 radical (unpaired) electrons. The topological polar surface area (TPSA) is 83.4 Å². The molecule has 1 saturated heterocycles. The van der Waals surface area contributed by atoms with Gasteiger partial charge in [-0.25, -0.2) is 9.97 Å². The Balaban J connectivity index is 2.29. The summed E-state index contributed by atoms with van der Waals surface area (Å²) >= 11 is 6.07. The van der Waals surface area contributed by atoms with Gasteiger partial charge in [0, 0.05) is 18.5 Å². The molecule has 7 heteroatoms. The Labute approximate surface area is 134 Å². The van der Waals surface area contributed by atoms with E-state index in [1.807, 2.05) is 20.8 Å². The number of carboxylic acid groups (broad SMARTS) is 1. The van der Waals surface area contributed by atoms with Crippen molar-refractivity contribution in [3.05, 3.63) is 22.7 Å². The lowest BCUT2D eigenvalue weighted by atomic mass is 9.93. The van der Waals surface area contributed by atoms with Gasteiger partial charge in [-0.2, -0.15) is 0 Å². The number of piperidine rings is 1. The van der Waals surface area contributed by atoms with Crippen molar-refractivity contribution in [2.24, 2.45) is 5.92 Å². The van der Waals surface area contributed by atoms with E-state index < -0.39 is 11.9 Å². The van der Waals surface area contributed by atoms with Crippen LogP contribution in [0, 0.1) is 5.92 Å². The van der Waals surface area contributed by atoms with Crippen molar-refractivity contribution in [3.8, 4) is 0 Å². The van der Waals surface area contributed by atoms with Gasteiger partial charge in [-0.05, 0) is 19.8 Å². The Bertz CT molecular complexity index is 591. The molecule has 6 nitrogen and oxygen atoms in total. The monoisotopic (exact) mass is 325 g/mol. The predicted molar refractivity (Wildman–Crippen MR) is 82.0 cm³/mol. The largest absolute Gasteiger partial charge is 0.481 e. The third-order valence-electron chi connectivity index (χ3n) is 3.97. The average molecular weight is 326 g/mol. The van der Waals surface area contributed by atoms with Gasteiger partial charge in [-0.3, -0.25) is 9.59 Å². The summed E-state index contributed by atoms with van der Waals surface area (Å²) in [6.07, 6.45) is 2.66. The van der Waals surface area contributed by atoms with Gasteiger partial charge in [0.15, 0.2) is 5.69 Å². The van der Waals surface area contributed by atoms with Crippen LogP contribution < -0.4 is 0 Å². The molecule has 1 amide bonds. The zero-order valence-electron chi connectivity index (χ0n) is 12.9. The fraction of sp³-hybridized carbons (Fsp3) is 0.600. The molecule has 0 bridgehead atoms. The van der Waals surface area contributed by atoms with Crippen LogP contribution in [0.5, 0.6) is 0 Å². The van der Waals surface area contributed by atoms with Crippen LogP contribution in [0.25, 0.3) is 0 Å². The van der Waals surface area contributed by atoms with Gasteiger partial charge in [0.25, 0.3) is 5.91 Å². The fourth-order valence-electron chi connectivity index (χ4n) is 2.54. The molecule has 22 heavy (non-hydrogen) atoms. The minimum absolute atomic E-state index is 0.0309. The highest BCUT2D eigenvalue weighted by molar-refractivity contribution is 6.33. The molecule has 1 aromatic rings. The summed E-state index contributed by atoms with van der Waals surface area (Å²) in [6, 6.07) is -0.0309. The third kappa shape index (κ3) is 3.38. The maximum absolute atomic E-state index is 12.7. The lowest BCUT2D eigenvalue weighted by molar-refractivity contribution is -0.143. The normalized spacial score (nSPS) is 22.0. The Morgan fingerprint density at radius 1 is 1.41 bits per heavy atom. The molecule has 2 atom stereocenters. The summed E-state index contributed by atoms with van der Waals surface area (Å²) in [5.74, 6) is -1.11. The molecular weight excluding hydrogens is 306 g/mol. The number of likely N-dealkylation sites (tertiary alicyclic amines) is 1. The van der Waals surface area contributed by atoms with Crippen LogP contribution in [0.4, 0.5) is 0 Å². The minimum Gasteiger partial charge on any atom is -0.481 e. The number of aliphatic carboxylic acids is 1. The molecule has 1 aliphatic rings. The van der Waals surface area contributed by atoms with E-state index in [-0.39, 0.29) is 35.1 Å². The number of hydrogen-bond acceptors (Lipinski definition) is 4. The zero-order valence-corrected chi connectivity index (χ0v) is 13.7. The zero-order chi connectivity index (χ0) is 16.4. The third-order valence-corrected chi connectivity index (χ3v) is 4.25. The van der Waals surface area contributed by atoms with E-state index in [0.29, 0.717) is 18.7 Å². The van der Waals surface area contributed by atoms with Crippen molar-refractivity contribution in [2.75, 3.05) is 6.54 Å². The number of aromatic nitrogens is 2. The predicted octanol–water partition coefficient (Wildman–Crippen LogP) is 2.58. The van der Waals surface area contributed by atoms with E-state index in [1.165, 1.54) is 6.20 Å². The van der Waals surface area contributed by atoms with Crippen molar-refractivity contribution in [3.63, 3.8) is 0 Å². The summed E-state index contributed by atoms with van der Waals surface area (Å²) in [6.45, 7) is 5.96. The molecule has 2 unspecified atom stereocenters. The SMILES string of the molecule is CC(C)c1ncc(Cl)c(C(=O)N2CC(C(=O)O)CCC2C)n1. The fourth-order valence-corrected chi connectivity index (χ4v) is 2.71. The highest BCUT2D eigenvalue weighted by Crippen LogP contribution is 2.26. The first kappa shape index (κ1) is 16.7. The van der Waals surface area contributed by atoms with Gasteiger partial charge in [0.1, 0.15) is 5.82 Å². The van der Waals surface area contributed by atoms with E-state index >= 15 is 0 Å². The highest BCUT2D eigenvalue weighted by Gasteiger charge is 2.34. The molecule has 0 spiro atoms. The number of amides is 1. The van der Waals surface area contributed by atoms with Gasteiger partial charge in [-0.15, -0.1) is 0 Å². The lowest BCUT2D eigenvalue weighted by Gasteiger charge is -2.36. The first-order valence-corrected chi connectivity index (χ1v) is 7.75. The van der Waals surface area contributed by atoms with Crippen LogP contribution in [-0.2, 0) is 4.79 Å². The van der Waals surface area contributed by atoms with Gasteiger partial charge in [-0.1, -0.05) is 25.4 Å². The Morgan fingerprint density at radius 3 is 2.68 bits per heavy atom. The molecule has 2 rings (SSSR count). The second-order valence-corrected chi connectivity index (χ2v) is 6.41. The van der Waals surface area contributed by atoms with Gasteiger partial charge in [0.2, 0.25) is 0 Å². The van der Waals surface area contributed by atoms with Crippen LogP contribution in [-0.4, -0.2) is 44.4 Å². The average Bonchev–Trinajstić information content (AvgIpc) is 2.47. The van der Waals surface area contributed by atoms with Gasteiger partial charge < -0.3 is 10.0 Å². The van der Waals surface area contributed by atoms with Gasteiger partial charge in [0.05, 0.1) is 17.1 Å². The molecule has 0 saturated carbocycles. The second-order valence-electron chi connectivity index (χ2n) is 6.00. The Morgan fingerprint density at radius 2 is 2.09 bits per heavy atom. The summed E-state index contributed by atoms with van der Waals surface area (Å²) in [5.41, 5.74) is 0.151. The van der Waals surface area contributed by atoms with Crippen molar-refractivity contribution in [2.45, 2.75) is 45.6 Å². The molecular formula is C15H20ClN3O3. The molecule has 1 aromatic heterocycles. The summed E-state index contributed by atoms with van der Waals surface area (Å²) in [4.78, 5) is 33.9. The quantitative estimate of drug-likeness (QED) is 0.923. The van der Waals surface area contributed by atoms with Crippen molar-refractivity contribution in [1.82, 2.24) is 14.9 Å². The standard InChI is InChI=1S/C15H20ClN3O3/c1-8(2)13-17-6-11(16)12(18-13)14(20)19-7-10(15(21)22)5-4-9(19)3/h6,8-10H,4-5,7H2,1-3H3,(H,21,22). The number of hydrogen-bond donors (Lipinski definition) is 1. The smallest absolute Gasteiger partial charge is 0.308 e. The molecule has 2 heterocycles. The van der Waals surface area contributed by atoms with E-state index in [4.69, 9.17) is 11.6 Å². The molecule has 0 aliphatic carbocycles. The maximum atomic E-state index is 12.7. The van der Waals surface area contributed by atoms with E-state index in [9.17, 15) is 14.7 Å². The van der Waals surface area contributed by atoms with Crippen LogP contribution in [0.15, 0.2) is 6.20 Å². The summed E-state index contributed by atoms with van der Waals surface area (Å²) in [5, 5.41) is 9.37. The number of halogens is 1. The number of nitrogens with zero attached hydrogens (tertiary/aromatic N) is 3. The number of rotatable bonds is 3. The van der Waals surface area contributed by atoms with Crippen molar-refractivity contribution < 1.29 is 14.7 Å². The lowest BCUT2D eigenvalue weighted by Crippen LogP contribution is -2.47. The van der Waals surface area contributed by atoms with Crippen molar-refractivity contribution in [1.29, 1.82) is 0 Å². The minimum atomic E-state index is -0.874. The number of carbonyl (C=O) groups excluding carboxylic acids is 1. The van der Waals surface area contributed by atoms with Crippen LogP contribution in [0.2, 0.25) is 5.02 Å². The Hall–Kier alpha value is -1.69. The first-order chi connectivity index (χ1) is 10.3. The van der Waals surface area contributed by atoms with Crippen LogP contribution in [0.3, 0.4) is 0 Å². The maximum Gasteiger partial charge on any atom is 0.308 e. The number of carboxylic acids is 1. The molecule has 1 fully saturated rings. The summed E-state index contributed by atoms with van der Waals surface area (Å²) < 4.78 is 0. The molecule has 120 valence electrons. The van der Waals surface area contributed by atoms with E-state index in [0.717, 1.165) is 0 Å². The van der Waals surface area contributed by atoms with E-state index in [1.54, 1.807) is 4.90 Å². The van der Waals surface area contributed by atoms with Crippen LogP contribution in [0.1, 0.15) is 55.8 Å². The molecule has 1 aliphatic heterocycles. The first-order valence-electron chi connectivity index (χ1n) is 7.37. The molecule has 1 N–H and O–H groups in total.